The van der Waals surface area contributed by atoms with E-state index in [2.05, 4.69) is 9.88 Å². The SMILES string of the molecule is O=c1c(N(CCCl)C2CC2)nccn1C1CC1. The maximum Gasteiger partial charge on any atom is 0.293 e. The number of alkyl halides is 1. The number of hydrogen-bond acceptors (Lipinski definition) is 3. The van der Waals surface area contributed by atoms with Crippen LogP contribution in [0.4, 0.5) is 5.82 Å². The van der Waals surface area contributed by atoms with Crippen LogP contribution in [0.25, 0.3) is 0 Å². The molecule has 0 saturated heterocycles. The molecule has 0 spiro atoms. The first-order valence-electron chi connectivity index (χ1n) is 6.21. The van der Waals surface area contributed by atoms with Gasteiger partial charge in [-0.15, -0.1) is 11.6 Å². The number of hydrogen-bond donors (Lipinski definition) is 0. The van der Waals surface area contributed by atoms with Crippen LogP contribution < -0.4 is 10.5 Å². The summed E-state index contributed by atoms with van der Waals surface area (Å²) in [5, 5.41) is 0. The predicted octanol–water partition coefficient (Wildman–Crippen LogP) is 1.79. The van der Waals surface area contributed by atoms with E-state index < -0.39 is 0 Å². The van der Waals surface area contributed by atoms with Gasteiger partial charge in [-0.1, -0.05) is 0 Å². The molecular formula is C12H16ClN3O. The van der Waals surface area contributed by atoms with Crippen LogP contribution in [-0.2, 0) is 0 Å². The summed E-state index contributed by atoms with van der Waals surface area (Å²) >= 11 is 5.81. The second-order valence-electron chi connectivity index (χ2n) is 4.81. The van der Waals surface area contributed by atoms with E-state index in [4.69, 9.17) is 11.6 Å². The Morgan fingerprint density at radius 1 is 1.41 bits per heavy atom. The summed E-state index contributed by atoms with van der Waals surface area (Å²) in [6.07, 6.45) is 8.06. The number of halogens is 1. The summed E-state index contributed by atoms with van der Waals surface area (Å²) in [4.78, 5) is 18.7. The van der Waals surface area contributed by atoms with Crippen LogP contribution >= 0.6 is 11.6 Å². The monoisotopic (exact) mass is 253 g/mol. The van der Waals surface area contributed by atoms with Crippen LogP contribution in [-0.4, -0.2) is 28.0 Å². The zero-order chi connectivity index (χ0) is 11.8. The molecule has 5 heteroatoms. The first-order valence-corrected chi connectivity index (χ1v) is 6.74. The molecule has 0 aliphatic heterocycles. The van der Waals surface area contributed by atoms with Gasteiger partial charge in [0.15, 0.2) is 5.82 Å². The number of nitrogens with zero attached hydrogens (tertiary/aromatic N) is 3. The zero-order valence-electron chi connectivity index (χ0n) is 9.68. The topological polar surface area (TPSA) is 38.1 Å². The Morgan fingerprint density at radius 3 is 2.76 bits per heavy atom. The third-order valence-electron chi connectivity index (χ3n) is 3.38. The van der Waals surface area contributed by atoms with E-state index in [9.17, 15) is 4.79 Å². The lowest BCUT2D eigenvalue weighted by atomic mass is 10.4. The Balaban J connectivity index is 1.94. The molecule has 2 saturated carbocycles. The number of aromatic nitrogens is 2. The van der Waals surface area contributed by atoms with Crippen molar-refractivity contribution in [3.63, 3.8) is 0 Å². The Hall–Kier alpha value is -1.03. The fraction of sp³-hybridized carbons (Fsp3) is 0.667. The molecule has 0 N–H and O–H groups in total. The van der Waals surface area contributed by atoms with Crippen molar-refractivity contribution < 1.29 is 0 Å². The van der Waals surface area contributed by atoms with Gasteiger partial charge >= 0.3 is 0 Å². The van der Waals surface area contributed by atoms with Crippen molar-refractivity contribution in [2.24, 2.45) is 0 Å². The molecular weight excluding hydrogens is 238 g/mol. The molecule has 0 unspecified atom stereocenters. The van der Waals surface area contributed by atoms with Crippen molar-refractivity contribution >= 4 is 17.4 Å². The Bertz CT molecular complexity index is 465. The molecule has 0 bridgehead atoms. The summed E-state index contributed by atoms with van der Waals surface area (Å²) in [6, 6.07) is 0.880. The Morgan fingerprint density at radius 2 is 2.18 bits per heavy atom. The predicted molar refractivity (Wildman–Crippen MR) is 67.9 cm³/mol. The van der Waals surface area contributed by atoms with E-state index in [1.165, 1.54) is 0 Å². The molecule has 17 heavy (non-hydrogen) atoms. The minimum Gasteiger partial charge on any atom is -0.348 e. The fourth-order valence-electron chi connectivity index (χ4n) is 2.19. The molecule has 4 nitrogen and oxygen atoms in total. The van der Waals surface area contributed by atoms with Crippen LogP contribution in [0.5, 0.6) is 0 Å². The molecule has 0 radical (unpaired) electrons. The lowest BCUT2D eigenvalue weighted by Crippen LogP contribution is -2.36. The van der Waals surface area contributed by atoms with E-state index in [-0.39, 0.29) is 5.56 Å². The second-order valence-corrected chi connectivity index (χ2v) is 5.19. The van der Waals surface area contributed by atoms with E-state index in [1.807, 2.05) is 4.57 Å². The Labute approximate surface area is 105 Å². The first kappa shape index (κ1) is 11.1. The van der Waals surface area contributed by atoms with Crippen LogP contribution in [0, 0.1) is 0 Å². The second kappa shape index (κ2) is 4.33. The quantitative estimate of drug-likeness (QED) is 0.751. The van der Waals surface area contributed by atoms with Crippen molar-refractivity contribution in [3.05, 3.63) is 22.7 Å². The van der Waals surface area contributed by atoms with Crippen molar-refractivity contribution in [2.45, 2.75) is 37.8 Å². The normalized spacial score (nSPS) is 19.4. The van der Waals surface area contributed by atoms with E-state index in [1.54, 1.807) is 12.4 Å². The molecule has 2 fully saturated rings. The van der Waals surface area contributed by atoms with Crippen LogP contribution in [0.2, 0.25) is 0 Å². The summed E-state index contributed by atoms with van der Waals surface area (Å²) < 4.78 is 1.83. The average molecular weight is 254 g/mol. The van der Waals surface area contributed by atoms with Gasteiger partial charge in [0, 0.05) is 36.9 Å². The van der Waals surface area contributed by atoms with Gasteiger partial charge in [-0.2, -0.15) is 0 Å². The van der Waals surface area contributed by atoms with Crippen LogP contribution in [0.1, 0.15) is 31.7 Å². The smallest absolute Gasteiger partial charge is 0.293 e. The largest absolute Gasteiger partial charge is 0.348 e. The summed E-state index contributed by atoms with van der Waals surface area (Å²) in [5.74, 6) is 1.12. The zero-order valence-corrected chi connectivity index (χ0v) is 10.4. The third kappa shape index (κ3) is 2.18. The minimum absolute atomic E-state index is 0.0482. The summed E-state index contributed by atoms with van der Waals surface area (Å²) in [6.45, 7) is 0.711. The van der Waals surface area contributed by atoms with Gasteiger partial charge in [-0.25, -0.2) is 4.98 Å². The van der Waals surface area contributed by atoms with Crippen molar-refractivity contribution in [1.29, 1.82) is 0 Å². The molecule has 0 amide bonds. The molecule has 2 aliphatic carbocycles. The van der Waals surface area contributed by atoms with Gasteiger partial charge in [-0.05, 0) is 25.7 Å². The molecule has 1 heterocycles. The van der Waals surface area contributed by atoms with Gasteiger partial charge in [0.2, 0.25) is 0 Å². The van der Waals surface area contributed by atoms with Gasteiger partial charge in [0.25, 0.3) is 5.56 Å². The van der Waals surface area contributed by atoms with Crippen molar-refractivity contribution in [1.82, 2.24) is 9.55 Å². The van der Waals surface area contributed by atoms with E-state index >= 15 is 0 Å². The highest BCUT2D eigenvalue weighted by Crippen LogP contribution is 2.34. The first-order chi connectivity index (χ1) is 8.31. The molecule has 92 valence electrons. The number of anilines is 1. The van der Waals surface area contributed by atoms with Crippen molar-refractivity contribution in [3.8, 4) is 0 Å². The molecule has 2 aliphatic rings. The molecule has 0 atom stereocenters. The van der Waals surface area contributed by atoms with Gasteiger partial charge in [0.05, 0.1) is 0 Å². The highest BCUT2D eigenvalue weighted by Gasteiger charge is 2.32. The fourth-order valence-corrected chi connectivity index (χ4v) is 2.37. The molecule has 1 aromatic rings. The van der Waals surface area contributed by atoms with Crippen molar-refractivity contribution in [2.75, 3.05) is 17.3 Å². The molecule has 1 aromatic heterocycles. The molecule has 0 aromatic carbocycles. The van der Waals surface area contributed by atoms with Gasteiger partial charge in [0.1, 0.15) is 0 Å². The van der Waals surface area contributed by atoms with Crippen LogP contribution in [0.3, 0.4) is 0 Å². The maximum atomic E-state index is 12.3. The highest BCUT2D eigenvalue weighted by molar-refractivity contribution is 6.18. The highest BCUT2D eigenvalue weighted by atomic mass is 35.5. The summed E-state index contributed by atoms with van der Waals surface area (Å²) in [7, 11) is 0. The van der Waals surface area contributed by atoms with Gasteiger partial charge in [-0.3, -0.25) is 4.79 Å². The average Bonchev–Trinajstić information content (AvgIpc) is 3.17. The minimum atomic E-state index is 0.0482. The number of rotatable bonds is 5. The lowest BCUT2D eigenvalue weighted by molar-refractivity contribution is 0.683. The standard InChI is InChI=1S/C12H16ClN3O/c13-5-7-15(9-1-2-9)11-12(17)16(8-6-14-11)10-3-4-10/h6,8-10H,1-5,7H2. The van der Waals surface area contributed by atoms with E-state index in [0.29, 0.717) is 30.3 Å². The maximum absolute atomic E-state index is 12.3. The lowest BCUT2D eigenvalue weighted by Gasteiger charge is -2.22. The third-order valence-corrected chi connectivity index (χ3v) is 3.54. The van der Waals surface area contributed by atoms with E-state index in [0.717, 1.165) is 25.7 Å². The van der Waals surface area contributed by atoms with Crippen LogP contribution in [0.15, 0.2) is 17.2 Å². The summed E-state index contributed by atoms with van der Waals surface area (Å²) in [5.41, 5.74) is 0.0482. The molecule has 3 rings (SSSR count). The Kier molecular flexibility index (Phi) is 2.82. The van der Waals surface area contributed by atoms with Gasteiger partial charge < -0.3 is 9.47 Å².